The minimum Gasteiger partial charge on any atom is -0.497 e. The van der Waals surface area contributed by atoms with Crippen molar-refractivity contribution in [1.29, 1.82) is 0 Å². The quantitative estimate of drug-likeness (QED) is 0.734. The highest BCUT2D eigenvalue weighted by atomic mass is 16.5. The van der Waals surface area contributed by atoms with Crippen LogP contribution in [0.2, 0.25) is 0 Å². The smallest absolute Gasteiger partial charge is 0.260 e. The lowest BCUT2D eigenvalue weighted by Crippen LogP contribution is -2.50. The second-order valence-corrected chi connectivity index (χ2v) is 6.50. The predicted octanol–water partition coefficient (Wildman–Crippen LogP) is 2.54. The van der Waals surface area contributed by atoms with Gasteiger partial charge in [0.1, 0.15) is 17.8 Å². The molecule has 27 heavy (non-hydrogen) atoms. The van der Waals surface area contributed by atoms with Crippen LogP contribution in [0.3, 0.4) is 0 Å². The number of aldehydes is 1. The van der Waals surface area contributed by atoms with E-state index in [1.54, 1.807) is 19.2 Å². The molecule has 0 atom stereocenters. The maximum atomic E-state index is 12.4. The van der Waals surface area contributed by atoms with Gasteiger partial charge >= 0.3 is 0 Å². The molecule has 1 aliphatic heterocycles. The Morgan fingerprint density at radius 2 is 1.81 bits per heavy atom. The summed E-state index contributed by atoms with van der Waals surface area (Å²) >= 11 is 0. The van der Waals surface area contributed by atoms with Gasteiger partial charge in [0.2, 0.25) is 0 Å². The molecule has 1 amide bonds. The van der Waals surface area contributed by atoms with E-state index in [1.807, 2.05) is 42.2 Å². The molecule has 1 aliphatic rings. The van der Waals surface area contributed by atoms with Crippen LogP contribution in [0.4, 0.5) is 5.69 Å². The minimum atomic E-state index is -0.0227. The molecular formula is C21H24N2O4. The van der Waals surface area contributed by atoms with E-state index in [1.165, 1.54) is 0 Å². The average molecular weight is 368 g/mol. The normalized spacial score (nSPS) is 14.0. The molecule has 3 rings (SSSR count). The molecular weight excluding hydrogens is 344 g/mol. The summed E-state index contributed by atoms with van der Waals surface area (Å²) in [5.74, 6) is 1.29. The van der Waals surface area contributed by atoms with Gasteiger partial charge in [-0.1, -0.05) is 6.07 Å². The Morgan fingerprint density at radius 1 is 1.07 bits per heavy atom. The average Bonchev–Trinajstić information content (AvgIpc) is 2.72. The number of hydrogen-bond acceptors (Lipinski definition) is 5. The number of aryl methyl sites for hydroxylation is 1. The van der Waals surface area contributed by atoms with Crippen molar-refractivity contribution < 1.29 is 19.1 Å². The van der Waals surface area contributed by atoms with Crippen LogP contribution in [0.5, 0.6) is 11.5 Å². The third kappa shape index (κ3) is 4.58. The fraction of sp³-hybridized carbons (Fsp3) is 0.333. The first-order valence-electron chi connectivity index (χ1n) is 8.96. The van der Waals surface area contributed by atoms with Crippen molar-refractivity contribution in [3.05, 3.63) is 53.6 Å². The molecule has 0 saturated carbocycles. The Labute approximate surface area is 159 Å². The van der Waals surface area contributed by atoms with Crippen LogP contribution in [-0.2, 0) is 4.79 Å². The Bertz CT molecular complexity index is 814. The molecule has 6 nitrogen and oxygen atoms in total. The summed E-state index contributed by atoms with van der Waals surface area (Å²) in [6.07, 6.45) is 0.857. The van der Waals surface area contributed by atoms with Crippen molar-refractivity contribution in [1.82, 2.24) is 4.90 Å². The van der Waals surface area contributed by atoms with Gasteiger partial charge in [-0.15, -0.1) is 0 Å². The van der Waals surface area contributed by atoms with Gasteiger partial charge in [0.15, 0.2) is 6.61 Å². The molecule has 0 bridgehead atoms. The second-order valence-electron chi connectivity index (χ2n) is 6.50. The van der Waals surface area contributed by atoms with Crippen LogP contribution in [0.15, 0.2) is 42.5 Å². The van der Waals surface area contributed by atoms with E-state index in [0.29, 0.717) is 30.2 Å². The van der Waals surface area contributed by atoms with Gasteiger partial charge in [0.25, 0.3) is 5.91 Å². The van der Waals surface area contributed by atoms with E-state index >= 15 is 0 Å². The van der Waals surface area contributed by atoms with Crippen molar-refractivity contribution in [3.63, 3.8) is 0 Å². The highest BCUT2D eigenvalue weighted by Crippen LogP contribution is 2.23. The number of piperazine rings is 1. The van der Waals surface area contributed by atoms with E-state index in [4.69, 9.17) is 9.47 Å². The predicted molar refractivity (Wildman–Crippen MR) is 104 cm³/mol. The summed E-state index contributed by atoms with van der Waals surface area (Å²) in [5, 5.41) is 0. The number of anilines is 1. The summed E-state index contributed by atoms with van der Waals surface area (Å²) < 4.78 is 10.8. The standard InChI is InChI=1S/C21H24N2O4/c1-16-12-17(14-24)6-7-20(16)22-8-10-23(11-9-22)21(25)15-27-19-5-3-4-18(13-19)26-2/h3-7,12-14H,8-11,15H2,1-2H3. The van der Waals surface area contributed by atoms with Crippen molar-refractivity contribution in [2.75, 3.05) is 44.8 Å². The largest absolute Gasteiger partial charge is 0.497 e. The fourth-order valence-corrected chi connectivity index (χ4v) is 3.23. The van der Waals surface area contributed by atoms with Crippen LogP contribution in [0.25, 0.3) is 0 Å². The second kappa shape index (κ2) is 8.58. The van der Waals surface area contributed by atoms with Crippen molar-refractivity contribution in [2.24, 2.45) is 0 Å². The van der Waals surface area contributed by atoms with E-state index < -0.39 is 0 Å². The first-order valence-corrected chi connectivity index (χ1v) is 8.96. The van der Waals surface area contributed by atoms with Gasteiger partial charge in [-0.05, 0) is 42.8 Å². The summed E-state index contributed by atoms with van der Waals surface area (Å²) in [7, 11) is 1.60. The van der Waals surface area contributed by atoms with Gasteiger partial charge in [0.05, 0.1) is 7.11 Å². The molecule has 1 heterocycles. The van der Waals surface area contributed by atoms with Crippen LogP contribution in [-0.4, -0.2) is 57.0 Å². The Morgan fingerprint density at radius 3 is 2.48 bits per heavy atom. The van der Waals surface area contributed by atoms with Crippen LogP contribution >= 0.6 is 0 Å². The summed E-state index contributed by atoms with van der Waals surface area (Å²) in [6, 6.07) is 12.9. The van der Waals surface area contributed by atoms with E-state index in [2.05, 4.69) is 4.90 Å². The number of benzene rings is 2. The number of nitrogens with zero attached hydrogens (tertiary/aromatic N) is 2. The number of rotatable bonds is 6. The zero-order chi connectivity index (χ0) is 19.2. The number of carbonyl (C=O) groups is 2. The van der Waals surface area contributed by atoms with Crippen molar-refractivity contribution in [2.45, 2.75) is 6.92 Å². The van der Waals surface area contributed by atoms with Gasteiger partial charge < -0.3 is 19.3 Å². The molecule has 0 aliphatic carbocycles. The van der Waals surface area contributed by atoms with E-state index in [9.17, 15) is 9.59 Å². The number of hydrogen-bond donors (Lipinski definition) is 0. The number of methoxy groups -OCH3 is 1. The van der Waals surface area contributed by atoms with Crippen molar-refractivity contribution >= 4 is 17.9 Å². The van der Waals surface area contributed by atoms with Crippen LogP contribution in [0, 0.1) is 6.92 Å². The molecule has 0 radical (unpaired) electrons. The summed E-state index contributed by atoms with van der Waals surface area (Å²) in [5.41, 5.74) is 2.86. The highest BCUT2D eigenvalue weighted by Gasteiger charge is 2.22. The minimum absolute atomic E-state index is 0.0141. The fourth-order valence-electron chi connectivity index (χ4n) is 3.23. The maximum absolute atomic E-state index is 12.4. The Kier molecular flexibility index (Phi) is 5.96. The van der Waals surface area contributed by atoms with Gasteiger partial charge in [-0.3, -0.25) is 9.59 Å². The van der Waals surface area contributed by atoms with Gasteiger partial charge in [0, 0.05) is 43.5 Å². The maximum Gasteiger partial charge on any atom is 0.260 e. The Balaban J connectivity index is 1.52. The molecule has 0 spiro atoms. The third-order valence-corrected chi connectivity index (χ3v) is 4.73. The molecule has 2 aromatic rings. The molecule has 1 saturated heterocycles. The highest BCUT2D eigenvalue weighted by molar-refractivity contribution is 5.78. The molecule has 0 N–H and O–H groups in total. The lowest BCUT2D eigenvalue weighted by atomic mass is 10.1. The van der Waals surface area contributed by atoms with E-state index in [0.717, 1.165) is 30.6 Å². The molecule has 2 aromatic carbocycles. The molecule has 0 aromatic heterocycles. The number of carbonyl (C=O) groups excluding carboxylic acids is 2. The molecule has 142 valence electrons. The SMILES string of the molecule is COc1cccc(OCC(=O)N2CCN(c3ccc(C=O)cc3C)CC2)c1. The lowest BCUT2D eigenvalue weighted by Gasteiger charge is -2.36. The van der Waals surface area contributed by atoms with Gasteiger partial charge in [-0.25, -0.2) is 0 Å². The summed E-state index contributed by atoms with van der Waals surface area (Å²) in [6.45, 7) is 4.82. The topological polar surface area (TPSA) is 59.1 Å². The molecule has 6 heteroatoms. The monoisotopic (exact) mass is 368 g/mol. The van der Waals surface area contributed by atoms with Crippen molar-refractivity contribution in [3.8, 4) is 11.5 Å². The lowest BCUT2D eigenvalue weighted by molar-refractivity contribution is -0.133. The van der Waals surface area contributed by atoms with Crippen LogP contribution in [0.1, 0.15) is 15.9 Å². The third-order valence-electron chi connectivity index (χ3n) is 4.73. The summed E-state index contributed by atoms with van der Waals surface area (Å²) in [4.78, 5) is 27.4. The van der Waals surface area contributed by atoms with Gasteiger partial charge in [-0.2, -0.15) is 0 Å². The molecule has 0 unspecified atom stereocenters. The molecule has 1 fully saturated rings. The zero-order valence-corrected chi connectivity index (χ0v) is 15.7. The number of amides is 1. The first-order chi connectivity index (χ1) is 13.1. The van der Waals surface area contributed by atoms with E-state index in [-0.39, 0.29) is 12.5 Å². The Hall–Kier alpha value is -3.02. The zero-order valence-electron chi connectivity index (χ0n) is 15.7. The number of ether oxygens (including phenoxy) is 2. The van der Waals surface area contributed by atoms with Crippen LogP contribution < -0.4 is 14.4 Å². The first kappa shape index (κ1) is 18.8.